The highest BCUT2D eigenvalue weighted by molar-refractivity contribution is 5.29. The topological polar surface area (TPSA) is 21.8 Å². The van der Waals surface area contributed by atoms with E-state index in [9.17, 15) is 0 Å². The van der Waals surface area contributed by atoms with Gasteiger partial charge >= 0.3 is 0 Å². The van der Waals surface area contributed by atoms with Gasteiger partial charge in [0, 0.05) is 0 Å². The van der Waals surface area contributed by atoms with Crippen LogP contribution in [0.15, 0.2) is 24.3 Å². The Kier molecular flexibility index (Phi) is 3.49. The number of hydrogen-bond acceptors (Lipinski definition) is 2. The second-order valence-corrected chi connectivity index (χ2v) is 4.49. The lowest BCUT2D eigenvalue weighted by Gasteiger charge is -2.14. The van der Waals surface area contributed by atoms with Crippen LogP contribution < -0.4 is 4.74 Å². The molecule has 2 nitrogen and oxygen atoms in total. The van der Waals surface area contributed by atoms with Crippen molar-refractivity contribution in [3.05, 3.63) is 29.8 Å². The molecule has 1 aliphatic rings. The van der Waals surface area contributed by atoms with E-state index < -0.39 is 0 Å². The molecule has 0 bridgehead atoms. The molecule has 16 heavy (non-hydrogen) atoms. The third kappa shape index (κ3) is 2.56. The van der Waals surface area contributed by atoms with E-state index in [2.05, 4.69) is 26.0 Å². The van der Waals surface area contributed by atoms with Gasteiger partial charge in [-0.2, -0.15) is 0 Å². The van der Waals surface area contributed by atoms with Crippen LogP contribution in [0.4, 0.5) is 0 Å². The molecule has 2 rings (SSSR count). The van der Waals surface area contributed by atoms with E-state index in [1.165, 1.54) is 12.0 Å². The molecular weight excluding hydrogens is 200 g/mol. The average Bonchev–Trinajstić information content (AvgIpc) is 3.02. The second kappa shape index (κ2) is 4.88. The normalized spacial score (nSPS) is 25.2. The lowest BCUT2D eigenvalue weighted by Crippen LogP contribution is -2.03. The molecule has 0 N–H and O–H groups in total. The molecule has 0 radical (unpaired) electrons. The van der Waals surface area contributed by atoms with Crippen molar-refractivity contribution < 1.29 is 9.47 Å². The number of epoxide rings is 1. The summed E-state index contributed by atoms with van der Waals surface area (Å²) in [5, 5.41) is 0. The van der Waals surface area contributed by atoms with Crippen LogP contribution >= 0.6 is 0 Å². The molecule has 1 heterocycles. The summed E-state index contributed by atoms with van der Waals surface area (Å²) in [5.74, 6) is 1.54. The Balaban J connectivity index is 2.01. The van der Waals surface area contributed by atoms with Gasteiger partial charge in [0.25, 0.3) is 0 Å². The van der Waals surface area contributed by atoms with E-state index in [1.54, 1.807) is 7.11 Å². The molecule has 0 saturated carbocycles. The molecule has 1 fully saturated rings. The smallest absolute Gasteiger partial charge is 0.118 e. The van der Waals surface area contributed by atoms with Gasteiger partial charge in [0.05, 0.1) is 19.3 Å². The fraction of sp³-hybridized carbons (Fsp3) is 0.571. The average molecular weight is 220 g/mol. The van der Waals surface area contributed by atoms with E-state index in [1.807, 2.05) is 12.1 Å². The molecule has 1 aliphatic heterocycles. The molecule has 1 saturated heterocycles. The van der Waals surface area contributed by atoms with Gasteiger partial charge in [-0.05, 0) is 43.4 Å². The van der Waals surface area contributed by atoms with Crippen molar-refractivity contribution in [1.82, 2.24) is 0 Å². The SMILES string of the molecule is CCC(CC1OC1C)c1ccc(OC)cc1. The predicted octanol–water partition coefficient (Wildman–Crippen LogP) is 3.37. The highest BCUT2D eigenvalue weighted by Crippen LogP contribution is 2.34. The number of hydrogen-bond donors (Lipinski definition) is 0. The van der Waals surface area contributed by atoms with Crippen molar-refractivity contribution in [2.24, 2.45) is 0 Å². The lowest BCUT2D eigenvalue weighted by atomic mass is 9.91. The van der Waals surface area contributed by atoms with Gasteiger partial charge in [-0.25, -0.2) is 0 Å². The fourth-order valence-corrected chi connectivity index (χ4v) is 2.17. The molecular formula is C14H20O2. The number of methoxy groups -OCH3 is 1. The minimum Gasteiger partial charge on any atom is -0.497 e. The Morgan fingerprint density at radius 1 is 1.31 bits per heavy atom. The summed E-state index contributed by atoms with van der Waals surface area (Å²) in [5.41, 5.74) is 1.39. The van der Waals surface area contributed by atoms with Crippen LogP contribution in [0, 0.1) is 0 Å². The monoisotopic (exact) mass is 220 g/mol. The van der Waals surface area contributed by atoms with Crippen LogP contribution in [0.5, 0.6) is 5.75 Å². The van der Waals surface area contributed by atoms with E-state index in [4.69, 9.17) is 9.47 Å². The number of ether oxygens (including phenoxy) is 2. The Morgan fingerprint density at radius 3 is 2.38 bits per heavy atom. The van der Waals surface area contributed by atoms with Gasteiger partial charge in [-0.3, -0.25) is 0 Å². The van der Waals surface area contributed by atoms with Crippen molar-refractivity contribution in [2.45, 2.75) is 44.8 Å². The molecule has 3 atom stereocenters. The van der Waals surface area contributed by atoms with Crippen LogP contribution in [0.2, 0.25) is 0 Å². The van der Waals surface area contributed by atoms with Gasteiger partial charge in [0.15, 0.2) is 0 Å². The summed E-state index contributed by atoms with van der Waals surface area (Å²) in [4.78, 5) is 0. The summed E-state index contributed by atoms with van der Waals surface area (Å²) in [6.07, 6.45) is 3.25. The first kappa shape index (κ1) is 11.5. The fourth-order valence-electron chi connectivity index (χ4n) is 2.17. The van der Waals surface area contributed by atoms with Crippen molar-refractivity contribution >= 4 is 0 Å². The van der Waals surface area contributed by atoms with Gasteiger partial charge < -0.3 is 9.47 Å². The van der Waals surface area contributed by atoms with E-state index in [0.717, 1.165) is 12.2 Å². The maximum Gasteiger partial charge on any atom is 0.118 e. The number of rotatable bonds is 5. The minimum atomic E-state index is 0.465. The van der Waals surface area contributed by atoms with Crippen molar-refractivity contribution in [2.75, 3.05) is 7.11 Å². The highest BCUT2D eigenvalue weighted by Gasteiger charge is 2.35. The van der Waals surface area contributed by atoms with Crippen LogP contribution in [0.1, 0.15) is 38.2 Å². The zero-order valence-corrected chi connectivity index (χ0v) is 10.3. The highest BCUT2D eigenvalue weighted by atomic mass is 16.6. The quantitative estimate of drug-likeness (QED) is 0.710. The summed E-state index contributed by atoms with van der Waals surface area (Å²) in [6, 6.07) is 8.41. The molecule has 88 valence electrons. The maximum atomic E-state index is 5.49. The van der Waals surface area contributed by atoms with Crippen molar-refractivity contribution in [3.63, 3.8) is 0 Å². The molecule has 0 spiro atoms. The molecule has 1 aromatic carbocycles. The predicted molar refractivity (Wildman–Crippen MR) is 65.0 cm³/mol. The summed E-state index contributed by atoms with van der Waals surface area (Å²) >= 11 is 0. The standard InChI is InChI=1S/C14H20O2/c1-4-11(9-14-10(2)16-14)12-5-7-13(15-3)8-6-12/h5-8,10-11,14H,4,9H2,1-3H3. The molecule has 3 unspecified atom stereocenters. The first-order valence-electron chi connectivity index (χ1n) is 6.04. The van der Waals surface area contributed by atoms with E-state index in [0.29, 0.717) is 18.1 Å². The maximum absolute atomic E-state index is 5.49. The second-order valence-electron chi connectivity index (χ2n) is 4.49. The molecule has 0 aliphatic carbocycles. The largest absolute Gasteiger partial charge is 0.497 e. The summed E-state index contributed by atoms with van der Waals surface area (Å²) < 4.78 is 10.7. The molecule has 1 aromatic rings. The van der Waals surface area contributed by atoms with Gasteiger partial charge in [-0.1, -0.05) is 19.1 Å². The van der Waals surface area contributed by atoms with E-state index >= 15 is 0 Å². The number of benzene rings is 1. The van der Waals surface area contributed by atoms with Crippen LogP contribution in [0.3, 0.4) is 0 Å². The zero-order valence-electron chi connectivity index (χ0n) is 10.3. The Hall–Kier alpha value is -1.02. The van der Waals surface area contributed by atoms with Crippen LogP contribution in [-0.4, -0.2) is 19.3 Å². The summed E-state index contributed by atoms with van der Waals surface area (Å²) in [7, 11) is 1.70. The minimum absolute atomic E-state index is 0.465. The summed E-state index contributed by atoms with van der Waals surface area (Å²) in [6.45, 7) is 4.38. The molecule has 0 amide bonds. The third-order valence-electron chi connectivity index (χ3n) is 3.43. The zero-order chi connectivity index (χ0) is 11.5. The van der Waals surface area contributed by atoms with Crippen molar-refractivity contribution in [1.29, 1.82) is 0 Å². The van der Waals surface area contributed by atoms with Gasteiger partial charge in [0.2, 0.25) is 0 Å². The first-order valence-corrected chi connectivity index (χ1v) is 6.04. The van der Waals surface area contributed by atoms with E-state index in [-0.39, 0.29) is 0 Å². The van der Waals surface area contributed by atoms with Crippen LogP contribution in [-0.2, 0) is 4.74 Å². The lowest BCUT2D eigenvalue weighted by molar-refractivity contribution is 0.357. The Bertz CT molecular complexity index is 331. The van der Waals surface area contributed by atoms with Crippen LogP contribution in [0.25, 0.3) is 0 Å². The van der Waals surface area contributed by atoms with Crippen molar-refractivity contribution in [3.8, 4) is 5.75 Å². The van der Waals surface area contributed by atoms with Gasteiger partial charge in [0.1, 0.15) is 5.75 Å². The third-order valence-corrected chi connectivity index (χ3v) is 3.43. The first-order chi connectivity index (χ1) is 7.74. The molecule has 2 heteroatoms. The molecule has 0 aromatic heterocycles. The van der Waals surface area contributed by atoms with Gasteiger partial charge in [-0.15, -0.1) is 0 Å². The Morgan fingerprint density at radius 2 is 1.94 bits per heavy atom. The Labute approximate surface area is 97.6 Å².